The van der Waals surface area contributed by atoms with Crippen LogP contribution in [0.3, 0.4) is 0 Å². The molecule has 1 aromatic heterocycles. The lowest BCUT2D eigenvalue weighted by Gasteiger charge is -2.04. The van der Waals surface area contributed by atoms with E-state index in [1.54, 1.807) is 11.3 Å². The molecule has 0 saturated carbocycles. The van der Waals surface area contributed by atoms with E-state index in [0.29, 0.717) is 0 Å². The van der Waals surface area contributed by atoms with Crippen molar-refractivity contribution in [3.8, 4) is 0 Å². The predicted octanol–water partition coefficient (Wildman–Crippen LogP) is 2.28. The van der Waals surface area contributed by atoms with Crippen LogP contribution in [0, 0.1) is 5.92 Å². The molecule has 2 nitrogen and oxygen atoms in total. The van der Waals surface area contributed by atoms with Gasteiger partial charge in [0.1, 0.15) is 0 Å². The maximum absolute atomic E-state index is 4.01. The highest BCUT2D eigenvalue weighted by Crippen LogP contribution is 2.04. The van der Waals surface area contributed by atoms with Gasteiger partial charge in [0.15, 0.2) is 0 Å². The minimum atomic E-state index is 0.791. The summed E-state index contributed by atoms with van der Waals surface area (Å²) in [5, 5.41) is 3.39. The van der Waals surface area contributed by atoms with Gasteiger partial charge in [0.2, 0.25) is 0 Å². The number of nitrogens with zero attached hydrogens (tertiary/aromatic N) is 1. The van der Waals surface area contributed by atoms with Crippen LogP contribution in [0.1, 0.15) is 25.1 Å². The largest absolute Gasteiger partial charge is 0.312 e. The van der Waals surface area contributed by atoms with Gasteiger partial charge < -0.3 is 5.32 Å². The molecule has 12 heavy (non-hydrogen) atoms. The van der Waals surface area contributed by atoms with Crippen molar-refractivity contribution in [2.24, 2.45) is 5.92 Å². The van der Waals surface area contributed by atoms with Gasteiger partial charge in [-0.1, -0.05) is 13.8 Å². The standard InChI is InChI=1S/C9H16N2S/c1-8(2)3-4-10-5-9-6-11-7-12-9/h6-8,10H,3-5H2,1-2H3. The third kappa shape index (κ3) is 3.83. The predicted molar refractivity (Wildman–Crippen MR) is 53.3 cm³/mol. The minimum absolute atomic E-state index is 0.791. The SMILES string of the molecule is CC(C)CCNCc1cncs1. The highest BCUT2D eigenvalue weighted by Gasteiger charge is 1.95. The monoisotopic (exact) mass is 184 g/mol. The third-order valence-electron chi connectivity index (χ3n) is 1.68. The van der Waals surface area contributed by atoms with E-state index >= 15 is 0 Å². The highest BCUT2D eigenvalue weighted by atomic mass is 32.1. The van der Waals surface area contributed by atoms with E-state index in [9.17, 15) is 0 Å². The van der Waals surface area contributed by atoms with Crippen molar-refractivity contribution >= 4 is 11.3 Å². The first-order valence-corrected chi connectivity index (χ1v) is 5.25. The number of hydrogen-bond donors (Lipinski definition) is 1. The number of aromatic nitrogens is 1. The normalized spacial score (nSPS) is 10.9. The molecule has 68 valence electrons. The Morgan fingerprint density at radius 2 is 2.42 bits per heavy atom. The topological polar surface area (TPSA) is 24.9 Å². The van der Waals surface area contributed by atoms with E-state index in [-0.39, 0.29) is 0 Å². The second-order valence-electron chi connectivity index (χ2n) is 3.33. The lowest BCUT2D eigenvalue weighted by atomic mass is 10.1. The lowest BCUT2D eigenvalue weighted by Crippen LogP contribution is -2.15. The van der Waals surface area contributed by atoms with E-state index in [1.165, 1.54) is 11.3 Å². The Balaban J connectivity index is 2.04. The van der Waals surface area contributed by atoms with Crippen LogP contribution in [-0.4, -0.2) is 11.5 Å². The van der Waals surface area contributed by atoms with Gasteiger partial charge in [-0.05, 0) is 18.9 Å². The fourth-order valence-corrected chi connectivity index (χ4v) is 1.50. The first kappa shape index (κ1) is 9.68. The summed E-state index contributed by atoms with van der Waals surface area (Å²) in [7, 11) is 0. The van der Waals surface area contributed by atoms with Gasteiger partial charge in [-0.25, -0.2) is 0 Å². The van der Waals surface area contributed by atoms with Gasteiger partial charge >= 0.3 is 0 Å². The van der Waals surface area contributed by atoms with Crippen LogP contribution >= 0.6 is 11.3 Å². The number of rotatable bonds is 5. The van der Waals surface area contributed by atoms with Crippen LogP contribution < -0.4 is 5.32 Å². The van der Waals surface area contributed by atoms with Crippen molar-refractivity contribution in [2.45, 2.75) is 26.8 Å². The number of nitrogens with one attached hydrogen (secondary N) is 1. The first-order valence-electron chi connectivity index (χ1n) is 4.37. The van der Waals surface area contributed by atoms with Gasteiger partial charge in [-0.15, -0.1) is 11.3 Å². The molecule has 0 fully saturated rings. The Hall–Kier alpha value is -0.410. The summed E-state index contributed by atoms with van der Waals surface area (Å²) >= 11 is 1.71. The molecule has 0 spiro atoms. The molecular formula is C9H16N2S. The zero-order chi connectivity index (χ0) is 8.81. The molecule has 0 radical (unpaired) electrons. The summed E-state index contributed by atoms with van der Waals surface area (Å²) in [6, 6.07) is 0. The smallest absolute Gasteiger partial charge is 0.0794 e. The lowest BCUT2D eigenvalue weighted by molar-refractivity contribution is 0.539. The zero-order valence-corrected chi connectivity index (χ0v) is 8.53. The van der Waals surface area contributed by atoms with Crippen LogP contribution in [0.4, 0.5) is 0 Å². The molecule has 1 heterocycles. The zero-order valence-electron chi connectivity index (χ0n) is 7.71. The Bertz CT molecular complexity index is 194. The average molecular weight is 184 g/mol. The molecule has 0 saturated heterocycles. The molecule has 0 bridgehead atoms. The van der Waals surface area contributed by atoms with E-state index in [1.807, 2.05) is 11.7 Å². The molecule has 0 aliphatic carbocycles. The molecule has 0 aliphatic rings. The Morgan fingerprint density at radius 3 is 3.00 bits per heavy atom. The second kappa shape index (κ2) is 5.27. The van der Waals surface area contributed by atoms with Crippen molar-refractivity contribution in [2.75, 3.05) is 6.54 Å². The molecule has 1 aromatic rings. The molecule has 0 atom stereocenters. The van der Waals surface area contributed by atoms with Crippen molar-refractivity contribution in [1.29, 1.82) is 0 Å². The summed E-state index contributed by atoms with van der Waals surface area (Å²) < 4.78 is 0. The van der Waals surface area contributed by atoms with E-state index in [0.717, 1.165) is 19.0 Å². The van der Waals surface area contributed by atoms with Crippen LogP contribution in [0.2, 0.25) is 0 Å². The van der Waals surface area contributed by atoms with Gasteiger partial charge in [-0.2, -0.15) is 0 Å². The van der Waals surface area contributed by atoms with Gasteiger partial charge in [-0.3, -0.25) is 4.98 Å². The Morgan fingerprint density at radius 1 is 1.58 bits per heavy atom. The van der Waals surface area contributed by atoms with Crippen molar-refractivity contribution in [1.82, 2.24) is 10.3 Å². The van der Waals surface area contributed by atoms with Gasteiger partial charge in [0.05, 0.1) is 5.51 Å². The summed E-state index contributed by atoms with van der Waals surface area (Å²) in [4.78, 5) is 5.33. The van der Waals surface area contributed by atoms with Crippen molar-refractivity contribution < 1.29 is 0 Å². The Kier molecular flexibility index (Phi) is 4.25. The fraction of sp³-hybridized carbons (Fsp3) is 0.667. The Labute approximate surface area is 78.0 Å². The summed E-state index contributed by atoms with van der Waals surface area (Å²) in [6.45, 7) is 6.57. The molecule has 0 amide bonds. The van der Waals surface area contributed by atoms with E-state index in [2.05, 4.69) is 24.1 Å². The maximum Gasteiger partial charge on any atom is 0.0794 e. The second-order valence-corrected chi connectivity index (χ2v) is 4.30. The van der Waals surface area contributed by atoms with Crippen LogP contribution in [0.15, 0.2) is 11.7 Å². The fourth-order valence-electron chi connectivity index (χ4n) is 0.932. The molecular weight excluding hydrogens is 168 g/mol. The first-order chi connectivity index (χ1) is 5.79. The summed E-state index contributed by atoms with van der Waals surface area (Å²) in [5.41, 5.74) is 1.87. The van der Waals surface area contributed by atoms with Crippen LogP contribution in [-0.2, 0) is 6.54 Å². The molecule has 0 aromatic carbocycles. The van der Waals surface area contributed by atoms with E-state index in [4.69, 9.17) is 0 Å². The van der Waals surface area contributed by atoms with E-state index < -0.39 is 0 Å². The third-order valence-corrected chi connectivity index (χ3v) is 2.46. The van der Waals surface area contributed by atoms with Crippen molar-refractivity contribution in [3.63, 3.8) is 0 Å². The molecule has 3 heteroatoms. The number of thiazole rings is 1. The average Bonchev–Trinajstić information content (AvgIpc) is 2.49. The summed E-state index contributed by atoms with van der Waals surface area (Å²) in [5.74, 6) is 0.791. The quantitative estimate of drug-likeness (QED) is 0.710. The highest BCUT2D eigenvalue weighted by molar-refractivity contribution is 7.09. The number of hydrogen-bond acceptors (Lipinski definition) is 3. The minimum Gasteiger partial charge on any atom is -0.312 e. The molecule has 1 N–H and O–H groups in total. The van der Waals surface area contributed by atoms with Gasteiger partial charge in [0.25, 0.3) is 0 Å². The van der Waals surface area contributed by atoms with Gasteiger partial charge in [0, 0.05) is 17.6 Å². The summed E-state index contributed by atoms with van der Waals surface area (Å²) in [6.07, 6.45) is 3.17. The molecule has 0 aliphatic heterocycles. The van der Waals surface area contributed by atoms with Crippen LogP contribution in [0.5, 0.6) is 0 Å². The van der Waals surface area contributed by atoms with Crippen molar-refractivity contribution in [3.05, 3.63) is 16.6 Å². The maximum atomic E-state index is 4.01. The molecule has 0 unspecified atom stereocenters. The van der Waals surface area contributed by atoms with Crippen LogP contribution in [0.25, 0.3) is 0 Å². The molecule has 1 rings (SSSR count).